The van der Waals surface area contributed by atoms with Gasteiger partial charge in [-0.25, -0.2) is 0 Å². The molecule has 1 saturated heterocycles. The number of piperazine rings is 1. The first-order chi connectivity index (χ1) is 6.66. The van der Waals surface area contributed by atoms with Crippen molar-refractivity contribution in [1.29, 1.82) is 0 Å². The summed E-state index contributed by atoms with van der Waals surface area (Å²) in [6.07, 6.45) is 3.76. The van der Waals surface area contributed by atoms with Gasteiger partial charge < -0.3 is 10.6 Å². The molecule has 3 heteroatoms. The average Bonchev–Trinajstić information content (AvgIpc) is 2.51. The quantitative estimate of drug-likeness (QED) is 0.664. The summed E-state index contributed by atoms with van der Waals surface area (Å²) in [5, 5.41) is 0. The number of hydrogen-bond donors (Lipinski definition) is 1. The van der Waals surface area contributed by atoms with Crippen molar-refractivity contribution in [2.75, 3.05) is 26.7 Å². The monoisotopic (exact) mass is 197 g/mol. The molecule has 0 amide bonds. The molecule has 0 bridgehead atoms. The Hall–Kier alpha value is -0.120. The predicted molar refractivity (Wildman–Crippen MR) is 59.3 cm³/mol. The molecule has 0 aromatic heterocycles. The highest BCUT2D eigenvalue weighted by Crippen LogP contribution is 2.25. The fourth-order valence-corrected chi connectivity index (χ4v) is 2.99. The summed E-state index contributed by atoms with van der Waals surface area (Å²) in [7, 11) is 2.22. The molecule has 2 rings (SSSR count). The van der Waals surface area contributed by atoms with Gasteiger partial charge in [0.1, 0.15) is 0 Å². The first kappa shape index (κ1) is 10.4. The van der Waals surface area contributed by atoms with Crippen molar-refractivity contribution in [1.82, 2.24) is 9.80 Å². The number of rotatable bonds is 1. The molecule has 2 aliphatic rings. The van der Waals surface area contributed by atoms with E-state index in [0.29, 0.717) is 12.1 Å². The summed E-state index contributed by atoms with van der Waals surface area (Å²) in [5.74, 6) is 0. The van der Waals surface area contributed by atoms with Crippen molar-refractivity contribution in [2.24, 2.45) is 5.73 Å². The lowest BCUT2D eigenvalue weighted by Crippen LogP contribution is -2.53. The van der Waals surface area contributed by atoms with Gasteiger partial charge in [0.25, 0.3) is 0 Å². The maximum Gasteiger partial charge on any atom is 0.0198 e. The van der Waals surface area contributed by atoms with Crippen LogP contribution in [0.25, 0.3) is 0 Å². The molecule has 0 aromatic carbocycles. The van der Waals surface area contributed by atoms with Gasteiger partial charge in [0.2, 0.25) is 0 Å². The zero-order valence-electron chi connectivity index (χ0n) is 9.45. The lowest BCUT2D eigenvalue weighted by Gasteiger charge is -2.41. The number of nitrogens with zero attached hydrogens (tertiary/aromatic N) is 2. The van der Waals surface area contributed by atoms with Gasteiger partial charge in [-0.05, 0) is 33.2 Å². The van der Waals surface area contributed by atoms with E-state index >= 15 is 0 Å². The van der Waals surface area contributed by atoms with Crippen molar-refractivity contribution in [2.45, 2.75) is 44.3 Å². The van der Waals surface area contributed by atoms with Crippen LogP contribution in [0.4, 0.5) is 0 Å². The van der Waals surface area contributed by atoms with Crippen LogP contribution in [0.1, 0.15) is 26.2 Å². The third kappa shape index (κ3) is 2.10. The fraction of sp³-hybridized carbons (Fsp3) is 1.00. The Morgan fingerprint density at radius 3 is 2.57 bits per heavy atom. The average molecular weight is 197 g/mol. The summed E-state index contributed by atoms with van der Waals surface area (Å²) in [4.78, 5) is 5.10. The zero-order valence-corrected chi connectivity index (χ0v) is 9.45. The predicted octanol–water partition coefficient (Wildman–Crippen LogP) is 0.502. The van der Waals surface area contributed by atoms with E-state index in [1.165, 1.54) is 38.9 Å². The summed E-state index contributed by atoms with van der Waals surface area (Å²) in [6.45, 7) is 6.01. The molecule has 1 heterocycles. The normalized spacial score (nSPS) is 41.8. The highest BCUT2D eigenvalue weighted by atomic mass is 15.3. The standard InChI is InChI=1S/C11H23N3/c1-9-8-13(2)5-6-14(9)11-4-3-10(12)7-11/h9-11H,3-8,12H2,1-2H3. The van der Waals surface area contributed by atoms with E-state index in [-0.39, 0.29) is 0 Å². The Bertz CT molecular complexity index is 195. The van der Waals surface area contributed by atoms with Crippen LogP contribution in [0, 0.1) is 0 Å². The van der Waals surface area contributed by atoms with E-state index in [2.05, 4.69) is 23.8 Å². The Balaban J connectivity index is 1.91. The van der Waals surface area contributed by atoms with Crippen molar-refractivity contribution in [3.05, 3.63) is 0 Å². The highest BCUT2D eigenvalue weighted by Gasteiger charge is 2.32. The van der Waals surface area contributed by atoms with Crippen molar-refractivity contribution >= 4 is 0 Å². The summed E-state index contributed by atoms with van der Waals surface area (Å²) in [6, 6.07) is 1.95. The van der Waals surface area contributed by atoms with Crippen molar-refractivity contribution in [3.8, 4) is 0 Å². The number of likely N-dealkylation sites (N-methyl/N-ethyl adjacent to an activating group) is 1. The van der Waals surface area contributed by atoms with Crippen LogP contribution in [0.15, 0.2) is 0 Å². The molecule has 14 heavy (non-hydrogen) atoms. The highest BCUT2D eigenvalue weighted by molar-refractivity contribution is 4.89. The first-order valence-corrected chi connectivity index (χ1v) is 5.86. The molecule has 0 spiro atoms. The number of nitrogens with two attached hydrogens (primary N) is 1. The minimum atomic E-state index is 0.465. The second-order valence-corrected chi connectivity index (χ2v) is 5.08. The largest absolute Gasteiger partial charge is 0.328 e. The smallest absolute Gasteiger partial charge is 0.0198 e. The van der Waals surface area contributed by atoms with Crippen LogP contribution in [-0.4, -0.2) is 54.6 Å². The number of hydrogen-bond acceptors (Lipinski definition) is 3. The van der Waals surface area contributed by atoms with E-state index < -0.39 is 0 Å². The van der Waals surface area contributed by atoms with Gasteiger partial charge in [-0.3, -0.25) is 4.90 Å². The topological polar surface area (TPSA) is 32.5 Å². The van der Waals surface area contributed by atoms with Gasteiger partial charge in [-0.2, -0.15) is 0 Å². The molecule has 0 radical (unpaired) electrons. The van der Waals surface area contributed by atoms with E-state index in [4.69, 9.17) is 5.73 Å². The molecular weight excluding hydrogens is 174 g/mol. The maximum absolute atomic E-state index is 5.97. The fourth-order valence-electron chi connectivity index (χ4n) is 2.99. The molecule has 3 nitrogen and oxygen atoms in total. The molecular formula is C11H23N3. The molecule has 2 fully saturated rings. The van der Waals surface area contributed by atoms with Gasteiger partial charge >= 0.3 is 0 Å². The summed E-state index contributed by atoms with van der Waals surface area (Å²) >= 11 is 0. The maximum atomic E-state index is 5.97. The van der Waals surface area contributed by atoms with Crippen LogP contribution in [0.2, 0.25) is 0 Å². The third-order valence-electron chi connectivity index (χ3n) is 3.80. The van der Waals surface area contributed by atoms with Crippen molar-refractivity contribution < 1.29 is 0 Å². The second-order valence-electron chi connectivity index (χ2n) is 5.08. The van der Waals surface area contributed by atoms with E-state index in [1.807, 2.05) is 0 Å². The minimum absolute atomic E-state index is 0.465. The molecule has 0 aromatic rings. The van der Waals surface area contributed by atoms with Gasteiger partial charge in [-0.15, -0.1) is 0 Å². The third-order valence-corrected chi connectivity index (χ3v) is 3.80. The Morgan fingerprint density at radius 2 is 2.00 bits per heavy atom. The molecule has 1 saturated carbocycles. The Kier molecular flexibility index (Phi) is 3.10. The van der Waals surface area contributed by atoms with Gasteiger partial charge in [0, 0.05) is 37.8 Å². The summed E-state index contributed by atoms with van der Waals surface area (Å²) in [5.41, 5.74) is 5.97. The first-order valence-electron chi connectivity index (χ1n) is 5.86. The molecule has 1 aliphatic carbocycles. The zero-order chi connectivity index (χ0) is 10.1. The van der Waals surface area contributed by atoms with E-state index in [1.54, 1.807) is 0 Å². The molecule has 1 aliphatic heterocycles. The van der Waals surface area contributed by atoms with E-state index in [9.17, 15) is 0 Å². The van der Waals surface area contributed by atoms with Crippen LogP contribution in [0.3, 0.4) is 0 Å². The molecule has 2 N–H and O–H groups in total. The molecule has 82 valence electrons. The minimum Gasteiger partial charge on any atom is -0.328 e. The molecule has 3 unspecified atom stereocenters. The Morgan fingerprint density at radius 1 is 1.21 bits per heavy atom. The van der Waals surface area contributed by atoms with Crippen LogP contribution in [0.5, 0.6) is 0 Å². The van der Waals surface area contributed by atoms with Gasteiger partial charge in [0.15, 0.2) is 0 Å². The van der Waals surface area contributed by atoms with E-state index in [0.717, 1.165) is 6.04 Å². The lowest BCUT2D eigenvalue weighted by atomic mass is 10.1. The van der Waals surface area contributed by atoms with Gasteiger partial charge in [-0.1, -0.05) is 0 Å². The van der Waals surface area contributed by atoms with Crippen LogP contribution < -0.4 is 5.73 Å². The second kappa shape index (κ2) is 4.17. The van der Waals surface area contributed by atoms with Crippen LogP contribution >= 0.6 is 0 Å². The van der Waals surface area contributed by atoms with Crippen molar-refractivity contribution in [3.63, 3.8) is 0 Å². The Labute approximate surface area is 87.2 Å². The van der Waals surface area contributed by atoms with Crippen LogP contribution in [-0.2, 0) is 0 Å². The summed E-state index contributed by atoms with van der Waals surface area (Å²) < 4.78 is 0. The molecule has 3 atom stereocenters. The van der Waals surface area contributed by atoms with Gasteiger partial charge in [0.05, 0.1) is 0 Å². The SMILES string of the molecule is CC1CN(C)CCN1C1CCC(N)C1. The lowest BCUT2D eigenvalue weighted by molar-refractivity contribution is 0.0629.